The van der Waals surface area contributed by atoms with Crippen molar-refractivity contribution < 1.29 is 5.11 Å². The molecule has 88 valence electrons. The van der Waals surface area contributed by atoms with Gasteiger partial charge in [0.1, 0.15) is 5.75 Å². The van der Waals surface area contributed by atoms with Crippen molar-refractivity contribution >= 4 is 15.9 Å². The lowest BCUT2D eigenvalue weighted by Gasteiger charge is -2.18. The number of nitrogens with two attached hydrogens (primary N) is 1. The monoisotopic (exact) mass is 292 g/mol. The predicted molar refractivity (Wildman–Crippen MR) is 71.4 cm³/mol. The van der Waals surface area contributed by atoms with E-state index in [2.05, 4.69) is 21.4 Å². The van der Waals surface area contributed by atoms with Crippen molar-refractivity contribution in [2.45, 2.75) is 6.04 Å². The standard InChI is InChI=1S/C13H13BrN2O/c14-10-6-7-12(17)11(8-10)13(16-15)9-4-2-1-3-5-9/h1-8,13,16-17H,15H2/t13-/m0/s1. The van der Waals surface area contributed by atoms with Crippen molar-refractivity contribution in [1.29, 1.82) is 0 Å². The Labute approximate surface area is 108 Å². The van der Waals surface area contributed by atoms with Crippen LogP contribution in [0.25, 0.3) is 0 Å². The molecule has 0 heterocycles. The Morgan fingerprint density at radius 3 is 2.47 bits per heavy atom. The number of phenolic OH excluding ortho intramolecular Hbond substituents is 1. The molecular formula is C13H13BrN2O. The summed E-state index contributed by atoms with van der Waals surface area (Å²) in [6.07, 6.45) is 0. The van der Waals surface area contributed by atoms with Crippen LogP contribution in [0.2, 0.25) is 0 Å². The lowest BCUT2D eigenvalue weighted by molar-refractivity contribution is 0.458. The van der Waals surface area contributed by atoms with Crippen molar-refractivity contribution in [2.75, 3.05) is 0 Å². The molecule has 0 aliphatic carbocycles. The fraction of sp³-hybridized carbons (Fsp3) is 0.0769. The zero-order valence-electron chi connectivity index (χ0n) is 9.10. The molecule has 0 aliphatic rings. The summed E-state index contributed by atoms with van der Waals surface area (Å²) in [5.41, 5.74) is 4.47. The minimum atomic E-state index is -0.228. The first-order chi connectivity index (χ1) is 8.22. The average molecular weight is 293 g/mol. The van der Waals surface area contributed by atoms with Gasteiger partial charge in [-0.05, 0) is 23.8 Å². The van der Waals surface area contributed by atoms with Gasteiger partial charge in [0, 0.05) is 10.0 Å². The first kappa shape index (κ1) is 12.1. The van der Waals surface area contributed by atoms with Crippen LogP contribution in [0, 0.1) is 0 Å². The summed E-state index contributed by atoms with van der Waals surface area (Å²) >= 11 is 3.39. The fourth-order valence-corrected chi connectivity index (χ4v) is 2.15. The summed E-state index contributed by atoms with van der Waals surface area (Å²) in [6.45, 7) is 0. The second-order valence-electron chi connectivity index (χ2n) is 3.71. The summed E-state index contributed by atoms with van der Waals surface area (Å²) in [6, 6.07) is 14.8. The van der Waals surface area contributed by atoms with Crippen LogP contribution in [0.5, 0.6) is 5.75 Å². The van der Waals surface area contributed by atoms with Crippen LogP contribution in [0.3, 0.4) is 0 Å². The van der Waals surface area contributed by atoms with E-state index in [-0.39, 0.29) is 11.8 Å². The lowest BCUT2D eigenvalue weighted by atomic mass is 9.98. The SMILES string of the molecule is NN[C@@H](c1ccccc1)c1cc(Br)ccc1O. The molecule has 2 rings (SSSR count). The molecule has 17 heavy (non-hydrogen) atoms. The molecule has 4 N–H and O–H groups in total. The van der Waals surface area contributed by atoms with Crippen LogP contribution < -0.4 is 11.3 Å². The lowest BCUT2D eigenvalue weighted by Crippen LogP contribution is -2.28. The highest BCUT2D eigenvalue weighted by atomic mass is 79.9. The van der Waals surface area contributed by atoms with Gasteiger partial charge in [0.05, 0.1) is 6.04 Å². The molecular weight excluding hydrogens is 280 g/mol. The van der Waals surface area contributed by atoms with Crippen molar-refractivity contribution in [3.63, 3.8) is 0 Å². The van der Waals surface area contributed by atoms with Gasteiger partial charge in [-0.3, -0.25) is 5.84 Å². The number of halogens is 1. The minimum absolute atomic E-state index is 0.222. The summed E-state index contributed by atoms with van der Waals surface area (Å²) in [5.74, 6) is 5.80. The maximum atomic E-state index is 9.88. The van der Waals surface area contributed by atoms with Gasteiger partial charge in [0.15, 0.2) is 0 Å². The number of hydrogen-bond donors (Lipinski definition) is 3. The van der Waals surface area contributed by atoms with Gasteiger partial charge in [-0.25, -0.2) is 5.43 Å². The predicted octanol–water partition coefficient (Wildman–Crippen LogP) is 2.71. The second-order valence-corrected chi connectivity index (χ2v) is 4.63. The maximum Gasteiger partial charge on any atom is 0.120 e. The Morgan fingerprint density at radius 2 is 1.82 bits per heavy atom. The van der Waals surface area contributed by atoms with Crippen LogP contribution in [-0.4, -0.2) is 5.11 Å². The summed E-state index contributed by atoms with van der Waals surface area (Å²) in [7, 11) is 0. The molecule has 0 saturated carbocycles. The van der Waals surface area contributed by atoms with Crippen molar-refractivity contribution in [2.24, 2.45) is 5.84 Å². The van der Waals surface area contributed by atoms with E-state index < -0.39 is 0 Å². The quantitative estimate of drug-likeness (QED) is 0.602. The van der Waals surface area contributed by atoms with Crippen LogP contribution >= 0.6 is 15.9 Å². The van der Waals surface area contributed by atoms with Crippen LogP contribution in [-0.2, 0) is 0 Å². The Hall–Kier alpha value is -1.36. The molecule has 0 aromatic heterocycles. The fourth-order valence-electron chi connectivity index (χ4n) is 1.77. The van der Waals surface area contributed by atoms with Crippen LogP contribution in [0.4, 0.5) is 0 Å². The van der Waals surface area contributed by atoms with Gasteiger partial charge in [-0.2, -0.15) is 0 Å². The Bertz CT molecular complexity index is 502. The molecule has 0 amide bonds. The zero-order valence-corrected chi connectivity index (χ0v) is 10.7. The second kappa shape index (κ2) is 5.31. The van der Waals surface area contributed by atoms with E-state index in [4.69, 9.17) is 5.84 Å². The normalized spacial score (nSPS) is 12.4. The molecule has 0 saturated heterocycles. The van der Waals surface area contributed by atoms with Crippen molar-refractivity contribution in [3.8, 4) is 5.75 Å². The third-order valence-corrected chi connectivity index (χ3v) is 3.09. The molecule has 3 nitrogen and oxygen atoms in total. The van der Waals surface area contributed by atoms with Gasteiger partial charge in [0.2, 0.25) is 0 Å². The topological polar surface area (TPSA) is 58.3 Å². The number of hydrazine groups is 1. The molecule has 0 fully saturated rings. The van der Waals surface area contributed by atoms with Gasteiger partial charge in [0.25, 0.3) is 0 Å². The van der Waals surface area contributed by atoms with Crippen LogP contribution in [0.1, 0.15) is 17.2 Å². The van der Waals surface area contributed by atoms with E-state index in [0.29, 0.717) is 0 Å². The molecule has 2 aromatic carbocycles. The Kier molecular flexibility index (Phi) is 3.78. The average Bonchev–Trinajstić information content (AvgIpc) is 2.36. The van der Waals surface area contributed by atoms with Gasteiger partial charge < -0.3 is 5.11 Å². The summed E-state index contributed by atoms with van der Waals surface area (Å²) < 4.78 is 0.904. The molecule has 0 bridgehead atoms. The van der Waals surface area contributed by atoms with E-state index >= 15 is 0 Å². The largest absolute Gasteiger partial charge is 0.508 e. The van der Waals surface area contributed by atoms with E-state index in [1.807, 2.05) is 36.4 Å². The maximum absolute atomic E-state index is 9.88. The number of aromatic hydroxyl groups is 1. The summed E-state index contributed by atoms with van der Waals surface area (Å²) in [5, 5.41) is 9.88. The number of hydrogen-bond acceptors (Lipinski definition) is 3. The minimum Gasteiger partial charge on any atom is -0.508 e. The number of benzene rings is 2. The summed E-state index contributed by atoms with van der Waals surface area (Å²) in [4.78, 5) is 0. The van der Waals surface area contributed by atoms with Gasteiger partial charge >= 0.3 is 0 Å². The first-order valence-corrected chi connectivity index (χ1v) is 6.01. The van der Waals surface area contributed by atoms with Crippen LogP contribution in [0.15, 0.2) is 53.0 Å². The third-order valence-electron chi connectivity index (χ3n) is 2.60. The number of nitrogens with one attached hydrogen (secondary N) is 1. The van der Waals surface area contributed by atoms with Gasteiger partial charge in [-0.1, -0.05) is 46.3 Å². The van der Waals surface area contributed by atoms with Gasteiger partial charge in [-0.15, -0.1) is 0 Å². The van der Waals surface area contributed by atoms with Crippen molar-refractivity contribution in [1.82, 2.24) is 5.43 Å². The van der Waals surface area contributed by atoms with E-state index in [9.17, 15) is 5.11 Å². The molecule has 0 radical (unpaired) electrons. The Morgan fingerprint density at radius 1 is 1.12 bits per heavy atom. The molecule has 0 spiro atoms. The highest BCUT2D eigenvalue weighted by molar-refractivity contribution is 9.10. The number of rotatable bonds is 3. The molecule has 0 aliphatic heterocycles. The van der Waals surface area contributed by atoms with Crippen molar-refractivity contribution in [3.05, 3.63) is 64.1 Å². The molecule has 2 aromatic rings. The third kappa shape index (κ3) is 2.66. The molecule has 0 unspecified atom stereocenters. The highest BCUT2D eigenvalue weighted by Gasteiger charge is 2.16. The zero-order chi connectivity index (χ0) is 12.3. The smallest absolute Gasteiger partial charge is 0.120 e. The van der Waals surface area contributed by atoms with E-state index in [1.165, 1.54) is 0 Å². The highest BCUT2D eigenvalue weighted by Crippen LogP contribution is 2.31. The molecule has 1 atom stereocenters. The Balaban J connectivity index is 2.46. The first-order valence-electron chi connectivity index (χ1n) is 5.22. The van der Waals surface area contributed by atoms with E-state index in [1.54, 1.807) is 12.1 Å². The number of phenols is 1. The van der Waals surface area contributed by atoms with E-state index in [0.717, 1.165) is 15.6 Å². The molecule has 4 heteroatoms.